The normalized spacial score (nSPS) is 27.1. The molecule has 0 aliphatic carbocycles. The van der Waals surface area contributed by atoms with Crippen LogP contribution in [0.2, 0.25) is 0 Å². The predicted octanol–water partition coefficient (Wildman–Crippen LogP) is 1.97. The highest BCUT2D eigenvalue weighted by atomic mass is 16.5. The second kappa shape index (κ2) is 7.20. The maximum atomic E-state index is 11.0. The molecule has 0 unspecified atom stereocenters. The highest BCUT2D eigenvalue weighted by Gasteiger charge is 2.30. The van der Waals surface area contributed by atoms with Crippen molar-refractivity contribution >= 4 is 5.97 Å². The maximum Gasteiger partial charge on any atom is 0.306 e. The van der Waals surface area contributed by atoms with Crippen LogP contribution < -0.4 is 0 Å². The first kappa shape index (κ1) is 15.4. The van der Waals surface area contributed by atoms with E-state index in [2.05, 4.69) is 16.0 Å². The summed E-state index contributed by atoms with van der Waals surface area (Å²) in [5, 5.41) is 9.04. The molecule has 2 saturated heterocycles. The molecule has 0 amide bonds. The minimum atomic E-state index is -0.645. The van der Waals surface area contributed by atoms with Gasteiger partial charge in [-0.25, -0.2) is 0 Å². The largest absolute Gasteiger partial charge is 0.481 e. The standard InChI is InChI=1S/C17H24N2O3/c20-17(21)14-5-8-19(9-6-14)12-16-4-3-15(22-16)10-13-2-1-7-18-11-13/h1-2,7,11,14-16H,3-6,8-10,12H2,(H,20,21)/t15-,16+/m1/s1. The van der Waals surface area contributed by atoms with Crippen molar-refractivity contribution in [3.63, 3.8) is 0 Å². The molecule has 0 bridgehead atoms. The van der Waals surface area contributed by atoms with Crippen molar-refractivity contribution in [1.29, 1.82) is 0 Å². The van der Waals surface area contributed by atoms with Crippen LogP contribution in [0.4, 0.5) is 0 Å². The molecule has 22 heavy (non-hydrogen) atoms. The van der Waals surface area contributed by atoms with Crippen LogP contribution in [0, 0.1) is 5.92 Å². The molecule has 1 N–H and O–H groups in total. The summed E-state index contributed by atoms with van der Waals surface area (Å²) in [6.45, 7) is 2.70. The average molecular weight is 304 g/mol. The molecule has 0 aromatic carbocycles. The van der Waals surface area contributed by atoms with E-state index in [1.54, 1.807) is 6.20 Å². The summed E-state index contributed by atoms with van der Waals surface area (Å²) >= 11 is 0. The number of rotatable bonds is 5. The van der Waals surface area contributed by atoms with Crippen molar-refractivity contribution in [2.24, 2.45) is 5.92 Å². The van der Waals surface area contributed by atoms with Crippen LogP contribution in [0.5, 0.6) is 0 Å². The van der Waals surface area contributed by atoms with Crippen molar-refractivity contribution in [3.8, 4) is 0 Å². The highest BCUT2D eigenvalue weighted by Crippen LogP contribution is 2.25. The molecule has 3 rings (SSSR count). The third-order valence-corrected chi connectivity index (χ3v) is 4.78. The Hall–Kier alpha value is -1.46. The summed E-state index contributed by atoms with van der Waals surface area (Å²) < 4.78 is 6.16. The number of hydrogen-bond donors (Lipinski definition) is 1. The molecular formula is C17H24N2O3. The SMILES string of the molecule is O=C(O)C1CCN(C[C@@H]2CC[C@H](Cc3cccnc3)O2)CC1. The number of carbonyl (C=O) groups is 1. The number of ether oxygens (including phenoxy) is 1. The van der Waals surface area contributed by atoms with Gasteiger partial charge in [-0.1, -0.05) is 6.07 Å². The van der Waals surface area contributed by atoms with Crippen LogP contribution in [0.25, 0.3) is 0 Å². The smallest absolute Gasteiger partial charge is 0.306 e. The van der Waals surface area contributed by atoms with E-state index in [1.165, 1.54) is 5.56 Å². The summed E-state index contributed by atoms with van der Waals surface area (Å²) in [4.78, 5) is 17.5. The van der Waals surface area contributed by atoms with Crippen LogP contribution in [0.1, 0.15) is 31.2 Å². The van der Waals surface area contributed by atoms with Gasteiger partial charge >= 0.3 is 5.97 Å². The van der Waals surface area contributed by atoms with E-state index in [4.69, 9.17) is 9.84 Å². The van der Waals surface area contributed by atoms with Crippen LogP contribution in [-0.4, -0.2) is 52.8 Å². The maximum absolute atomic E-state index is 11.0. The van der Waals surface area contributed by atoms with E-state index < -0.39 is 5.97 Å². The molecular weight excluding hydrogens is 280 g/mol. The van der Waals surface area contributed by atoms with Crippen molar-refractivity contribution in [2.75, 3.05) is 19.6 Å². The Bertz CT molecular complexity index is 486. The van der Waals surface area contributed by atoms with E-state index in [0.717, 1.165) is 51.7 Å². The first-order chi connectivity index (χ1) is 10.7. The van der Waals surface area contributed by atoms with Gasteiger partial charge in [-0.3, -0.25) is 9.78 Å². The van der Waals surface area contributed by atoms with Crippen molar-refractivity contribution in [3.05, 3.63) is 30.1 Å². The minimum Gasteiger partial charge on any atom is -0.481 e. The lowest BCUT2D eigenvalue weighted by atomic mass is 9.97. The second-order valence-electron chi connectivity index (χ2n) is 6.44. The Labute approximate surface area is 131 Å². The summed E-state index contributed by atoms with van der Waals surface area (Å²) in [5.74, 6) is -0.799. The first-order valence-corrected chi connectivity index (χ1v) is 8.20. The molecule has 0 radical (unpaired) electrons. The quantitative estimate of drug-likeness (QED) is 0.901. The number of aromatic nitrogens is 1. The van der Waals surface area contributed by atoms with Gasteiger partial charge in [0.05, 0.1) is 18.1 Å². The van der Waals surface area contributed by atoms with Gasteiger partial charge < -0.3 is 14.7 Å². The zero-order chi connectivity index (χ0) is 15.4. The molecule has 2 aliphatic heterocycles. The fourth-order valence-corrected chi connectivity index (χ4v) is 3.50. The summed E-state index contributed by atoms with van der Waals surface area (Å²) in [7, 11) is 0. The van der Waals surface area contributed by atoms with Gasteiger partial charge in [0.25, 0.3) is 0 Å². The van der Waals surface area contributed by atoms with Crippen molar-refractivity contribution in [1.82, 2.24) is 9.88 Å². The monoisotopic (exact) mass is 304 g/mol. The number of aliphatic carboxylic acids is 1. The summed E-state index contributed by atoms with van der Waals surface area (Å²) in [5.41, 5.74) is 1.23. The lowest BCUT2D eigenvalue weighted by Gasteiger charge is -2.31. The lowest BCUT2D eigenvalue weighted by Crippen LogP contribution is -2.40. The van der Waals surface area contributed by atoms with E-state index in [0.29, 0.717) is 12.2 Å². The van der Waals surface area contributed by atoms with E-state index in [1.807, 2.05) is 12.3 Å². The molecule has 3 heterocycles. The molecule has 5 nitrogen and oxygen atoms in total. The Morgan fingerprint density at radius 2 is 2.05 bits per heavy atom. The van der Waals surface area contributed by atoms with Gasteiger partial charge in [0.1, 0.15) is 0 Å². The van der Waals surface area contributed by atoms with Crippen molar-refractivity contribution in [2.45, 2.75) is 44.3 Å². The van der Waals surface area contributed by atoms with Crippen LogP contribution in [0.3, 0.4) is 0 Å². The second-order valence-corrected chi connectivity index (χ2v) is 6.44. The fourth-order valence-electron chi connectivity index (χ4n) is 3.50. The predicted molar refractivity (Wildman–Crippen MR) is 82.6 cm³/mol. The third kappa shape index (κ3) is 4.05. The van der Waals surface area contributed by atoms with Gasteiger partial charge in [-0.15, -0.1) is 0 Å². The number of likely N-dealkylation sites (tertiary alicyclic amines) is 1. The number of hydrogen-bond acceptors (Lipinski definition) is 4. The Morgan fingerprint density at radius 3 is 2.73 bits per heavy atom. The molecule has 120 valence electrons. The molecule has 2 aliphatic rings. The van der Waals surface area contributed by atoms with Crippen LogP contribution >= 0.6 is 0 Å². The van der Waals surface area contributed by atoms with Crippen LogP contribution in [0.15, 0.2) is 24.5 Å². The molecule has 0 spiro atoms. The zero-order valence-corrected chi connectivity index (χ0v) is 12.9. The third-order valence-electron chi connectivity index (χ3n) is 4.78. The Kier molecular flexibility index (Phi) is 5.05. The lowest BCUT2D eigenvalue weighted by molar-refractivity contribution is -0.143. The van der Waals surface area contributed by atoms with E-state index in [-0.39, 0.29) is 5.92 Å². The molecule has 2 atom stereocenters. The number of carboxylic acid groups (broad SMARTS) is 1. The Balaban J connectivity index is 1.41. The van der Waals surface area contributed by atoms with Gasteiger partial charge in [0.15, 0.2) is 0 Å². The van der Waals surface area contributed by atoms with Crippen molar-refractivity contribution < 1.29 is 14.6 Å². The number of carboxylic acids is 1. The van der Waals surface area contributed by atoms with E-state index in [9.17, 15) is 4.79 Å². The molecule has 0 saturated carbocycles. The first-order valence-electron chi connectivity index (χ1n) is 8.20. The van der Waals surface area contributed by atoms with E-state index >= 15 is 0 Å². The van der Waals surface area contributed by atoms with Gasteiger partial charge in [0.2, 0.25) is 0 Å². The molecule has 5 heteroatoms. The zero-order valence-electron chi connectivity index (χ0n) is 12.9. The van der Waals surface area contributed by atoms with Gasteiger partial charge in [-0.2, -0.15) is 0 Å². The molecule has 1 aromatic heterocycles. The topological polar surface area (TPSA) is 62.7 Å². The highest BCUT2D eigenvalue weighted by molar-refractivity contribution is 5.70. The van der Waals surface area contributed by atoms with Crippen LogP contribution in [-0.2, 0) is 16.0 Å². The summed E-state index contributed by atoms with van der Waals surface area (Å²) in [6.07, 6.45) is 8.97. The minimum absolute atomic E-state index is 0.154. The summed E-state index contributed by atoms with van der Waals surface area (Å²) in [6, 6.07) is 4.06. The van der Waals surface area contributed by atoms with Gasteiger partial charge in [-0.05, 0) is 50.4 Å². The Morgan fingerprint density at radius 1 is 1.27 bits per heavy atom. The number of nitrogens with zero attached hydrogens (tertiary/aromatic N) is 2. The fraction of sp³-hybridized carbons (Fsp3) is 0.647. The molecule has 1 aromatic rings. The van der Waals surface area contributed by atoms with Gasteiger partial charge in [0, 0.05) is 25.4 Å². The number of piperidine rings is 1. The average Bonchev–Trinajstić information content (AvgIpc) is 2.96. The number of pyridine rings is 1. The molecule has 2 fully saturated rings.